The van der Waals surface area contributed by atoms with Gasteiger partial charge in [-0.1, -0.05) is 157 Å². The molecule has 0 spiro atoms. The second-order valence-corrected chi connectivity index (χ2v) is 28.3. The van der Waals surface area contributed by atoms with Gasteiger partial charge in [0.1, 0.15) is 0 Å². The highest BCUT2D eigenvalue weighted by molar-refractivity contribution is 14.1. The zero-order valence-corrected chi connectivity index (χ0v) is 45.8. The van der Waals surface area contributed by atoms with Crippen molar-refractivity contribution in [3.05, 3.63) is 171 Å². The molecule has 12 rings (SSSR count). The first-order valence-corrected chi connectivity index (χ1v) is 27.8. The highest BCUT2D eigenvalue weighted by Crippen LogP contribution is 2.56. The van der Waals surface area contributed by atoms with Crippen LogP contribution in [0.5, 0.6) is 0 Å². The van der Waals surface area contributed by atoms with Crippen LogP contribution in [0.25, 0.3) is 26.8 Å². The van der Waals surface area contributed by atoms with Crippen LogP contribution in [-0.4, -0.2) is 12.8 Å². The fraction of sp³-hybridized carbons (Fsp3) is 0.375. The maximum Gasteiger partial charge on any atom is 0.259 e. The molecule has 2 nitrogen and oxygen atoms in total. The van der Waals surface area contributed by atoms with Crippen molar-refractivity contribution in [2.75, 3.05) is 9.80 Å². The number of hydrogen-bond donors (Lipinski definition) is 0. The van der Waals surface area contributed by atoms with Crippen LogP contribution in [0, 0.1) is 0 Å². The highest BCUT2D eigenvalue weighted by atomic mass is 127. The van der Waals surface area contributed by atoms with Crippen molar-refractivity contribution in [2.45, 2.75) is 152 Å². The van der Waals surface area contributed by atoms with Gasteiger partial charge in [0, 0.05) is 41.0 Å². The lowest BCUT2D eigenvalue weighted by molar-refractivity contribution is 0.332. The van der Waals surface area contributed by atoms with Gasteiger partial charge in [-0.2, -0.15) is 0 Å². The Morgan fingerprint density at radius 1 is 0.696 bits per heavy atom. The molecule has 6 aliphatic rings. The lowest BCUT2D eigenvalue weighted by Crippen LogP contribution is -2.60. The quantitative estimate of drug-likeness (QED) is 0.0986. The van der Waals surface area contributed by atoms with E-state index >= 15 is 0 Å². The summed E-state index contributed by atoms with van der Waals surface area (Å²) in [4.78, 5) is 5.57. The summed E-state index contributed by atoms with van der Waals surface area (Å²) < 4.78 is 3.01. The Kier molecular flexibility index (Phi) is 10.4. The maximum atomic E-state index is 2.87. The molecule has 5 aromatic carbocycles. The van der Waals surface area contributed by atoms with E-state index in [-0.39, 0.29) is 37.8 Å². The van der Waals surface area contributed by atoms with E-state index in [0.29, 0.717) is 0 Å². The second-order valence-electron chi connectivity index (χ2n) is 24.8. The van der Waals surface area contributed by atoms with E-state index in [1.165, 1.54) is 125 Å². The molecule has 6 aromatic rings. The van der Waals surface area contributed by atoms with Crippen molar-refractivity contribution in [1.29, 1.82) is 0 Å². The Morgan fingerprint density at radius 3 is 2.04 bits per heavy atom. The normalized spacial score (nSPS) is 22.9. The molecule has 3 heterocycles. The Labute approximate surface area is 430 Å². The number of rotatable bonds is 4. The molecule has 1 aromatic heterocycles. The molecule has 4 aliphatic carbocycles. The summed E-state index contributed by atoms with van der Waals surface area (Å²) in [6.07, 6.45) is 17.4. The van der Waals surface area contributed by atoms with Gasteiger partial charge in [0.15, 0.2) is 0 Å². The monoisotopic (exact) mass is 1030 g/mol. The molecular weight excluding hydrogens is 967 g/mol. The van der Waals surface area contributed by atoms with Crippen molar-refractivity contribution in [3.63, 3.8) is 0 Å². The first-order chi connectivity index (χ1) is 32.7. The minimum atomic E-state index is 0.0636. The fourth-order valence-corrected chi connectivity index (χ4v) is 15.3. The van der Waals surface area contributed by atoms with Gasteiger partial charge in [0.05, 0.1) is 11.7 Å². The number of halogens is 1. The fourth-order valence-electron chi connectivity index (χ4n) is 13.2. The van der Waals surface area contributed by atoms with Crippen molar-refractivity contribution in [1.82, 2.24) is 0 Å². The van der Waals surface area contributed by atoms with Gasteiger partial charge in [-0.3, -0.25) is 0 Å². The zero-order chi connectivity index (χ0) is 48.2. The number of nitrogens with zero attached hydrogens (tertiary/aromatic N) is 2. The number of fused-ring (bicyclic) bond motifs is 8. The van der Waals surface area contributed by atoms with E-state index in [2.05, 4.69) is 241 Å². The van der Waals surface area contributed by atoms with Crippen LogP contribution in [0.1, 0.15) is 154 Å². The summed E-state index contributed by atoms with van der Waals surface area (Å²) in [5, 5.41) is 1.43. The molecule has 5 heteroatoms. The number of alkyl halides is 1. The third kappa shape index (κ3) is 7.27. The number of benzene rings is 5. The molecule has 0 N–H and O–H groups in total. The molecule has 350 valence electrons. The number of thiophene rings is 1. The Hall–Kier alpha value is -4.59. The van der Waals surface area contributed by atoms with Gasteiger partial charge in [-0.25, -0.2) is 0 Å². The summed E-state index contributed by atoms with van der Waals surface area (Å²) >= 11 is 4.88. The first-order valence-electron chi connectivity index (χ1n) is 25.9. The van der Waals surface area contributed by atoms with Crippen LogP contribution >= 0.6 is 33.9 Å². The van der Waals surface area contributed by atoms with Crippen LogP contribution in [0.15, 0.2) is 138 Å². The predicted octanol–water partition coefficient (Wildman–Crippen LogP) is 17.1. The molecule has 69 heavy (non-hydrogen) atoms. The molecule has 2 unspecified atom stereocenters. The summed E-state index contributed by atoms with van der Waals surface area (Å²) in [5.41, 5.74) is 24.3. The summed E-state index contributed by atoms with van der Waals surface area (Å²) in [6.45, 7) is 27.0. The third-order valence-corrected chi connectivity index (χ3v) is 19.8. The zero-order valence-electron chi connectivity index (χ0n) is 42.8. The van der Waals surface area contributed by atoms with Crippen LogP contribution in [0.3, 0.4) is 0 Å². The van der Waals surface area contributed by atoms with E-state index in [9.17, 15) is 0 Å². The Balaban J connectivity index is 1.21. The summed E-state index contributed by atoms with van der Waals surface area (Å²) in [6, 6.07) is 39.2. The molecule has 2 atom stereocenters. The van der Waals surface area contributed by atoms with Crippen LogP contribution in [-0.2, 0) is 25.1 Å². The van der Waals surface area contributed by atoms with Crippen LogP contribution in [0.4, 0.5) is 22.7 Å². The van der Waals surface area contributed by atoms with Gasteiger partial charge in [-0.05, 0) is 196 Å². The Bertz CT molecular complexity index is 3260. The van der Waals surface area contributed by atoms with Crippen molar-refractivity contribution >= 4 is 89.3 Å². The number of anilines is 4. The van der Waals surface area contributed by atoms with E-state index < -0.39 is 0 Å². The third-order valence-electron chi connectivity index (χ3n) is 17.5. The largest absolute Gasteiger partial charge is 0.334 e. The van der Waals surface area contributed by atoms with Crippen molar-refractivity contribution in [2.24, 2.45) is 0 Å². The average molecular weight is 1040 g/mol. The van der Waals surface area contributed by atoms with Crippen molar-refractivity contribution < 1.29 is 0 Å². The average Bonchev–Trinajstić information content (AvgIpc) is 3.69. The SMILES string of the molecule is CC1=CC2=C3B(c4cc5c(cc4N2c2ccc(C(C)(C)C)cc2)C(C)(C)CCC5(C)C)c2sc4cc5c(cc4c2N(c2cc(C4=CC=CCC4)cc(-c4ccccc4)c2)C3C1)C(C)(C)CCC5(C)I. The van der Waals surface area contributed by atoms with Crippen molar-refractivity contribution in [3.8, 4) is 11.1 Å². The number of hydrogen-bond acceptors (Lipinski definition) is 3. The van der Waals surface area contributed by atoms with E-state index in [4.69, 9.17) is 0 Å². The smallest absolute Gasteiger partial charge is 0.259 e. The lowest BCUT2D eigenvalue weighted by Gasteiger charge is -2.51. The first kappa shape index (κ1) is 45.5. The Morgan fingerprint density at radius 2 is 1.36 bits per heavy atom. The second kappa shape index (κ2) is 15.7. The topological polar surface area (TPSA) is 6.48 Å². The lowest BCUT2D eigenvalue weighted by atomic mass is 9.33. The van der Waals surface area contributed by atoms with Crippen LogP contribution < -0.4 is 20.0 Å². The maximum absolute atomic E-state index is 2.87. The minimum Gasteiger partial charge on any atom is -0.334 e. The van der Waals surface area contributed by atoms with E-state index in [1.54, 1.807) is 11.0 Å². The van der Waals surface area contributed by atoms with Gasteiger partial charge >= 0.3 is 0 Å². The molecule has 0 fully saturated rings. The van der Waals surface area contributed by atoms with Gasteiger partial charge < -0.3 is 9.80 Å². The molecular formula is C64H68BIN2S. The molecule has 2 aliphatic heterocycles. The summed E-state index contributed by atoms with van der Waals surface area (Å²) in [5.74, 6) is 0. The molecule has 0 bridgehead atoms. The van der Waals surface area contributed by atoms with Gasteiger partial charge in [-0.15, -0.1) is 11.3 Å². The molecule has 0 radical (unpaired) electrons. The van der Waals surface area contributed by atoms with Crippen LogP contribution in [0.2, 0.25) is 0 Å². The minimum absolute atomic E-state index is 0.0636. The summed E-state index contributed by atoms with van der Waals surface area (Å²) in [7, 11) is 0. The standard InChI is InChI=1S/C64H68BIN2S/c1-39-30-54-57-55(31-39)68(46-33-42(40-18-14-12-15-19-40)32-43(34-46)41-20-16-13-17-21-41)58-47-35-48-51(64(11,66)29-28-63(48,9)10)38-56(47)69-59(58)65(57)52-36-49-50(62(7,8)27-26-61(49,5)6)37-53(52)67(54)45-24-22-44(23-25-45)60(2,3)4/h12-16,18-20,22-25,30,32-38,55H,17,21,26-29,31H2,1-11H3. The molecule has 0 saturated carbocycles. The van der Waals surface area contributed by atoms with E-state index in [1.807, 2.05) is 0 Å². The molecule has 0 amide bonds. The highest BCUT2D eigenvalue weighted by Gasteiger charge is 2.52. The number of allylic oxidation sites excluding steroid dienone is 5. The molecule has 0 saturated heterocycles. The van der Waals surface area contributed by atoms with E-state index in [0.717, 1.165) is 19.3 Å². The van der Waals surface area contributed by atoms with Gasteiger partial charge in [0.2, 0.25) is 0 Å². The predicted molar refractivity (Wildman–Crippen MR) is 309 cm³/mol. The van der Waals surface area contributed by atoms with Gasteiger partial charge in [0.25, 0.3) is 6.71 Å².